The third-order valence-corrected chi connectivity index (χ3v) is 8.89. The van der Waals surface area contributed by atoms with E-state index >= 15 is 0 Å². The molecule has 0 aliphatic rings. The number of hydrogen-bond acceptors (Lipinski definition) is 4. The van der Waals surface area contributed by atoms with E-state index in [1.165, 1.54) is 0 Å². The van der Waals surface area contributed by atoms with E-state index in [0.29, 0.717) is 17.5 Å². The third kappa shape index (κ3) is 5.29. The molecule has 6 aromatic carbocycles. The first-order valence-corrected chi connectivity index (χ1v) is 15.9. The molecule has 6 heteroatoms. The topological polar surface area (TPSA) is 65.6 Å². The molecule has 6 nitrogen and oxygen atoms in total. The molecule has 2 aromatic heterocycles. The predicted octanol–water partition coefficient (Wildman–Crippen LogP) is 9.06. The van der Waals surface area contributed by atoms with Crippen LogP contribution in [0.4, 0.5) is 0 Å². The van der Waals surface area contributed by atoms with Crippen LogP contribution >= 0.6 is 0 Å². The Hall–Kier alpha value is -6.40. The summed E-state index contributed by atoms with van der Waals surface area (Å²) in [6.45, 7) is 0. The van der Waals surface area contributed by atoms with Crippen LogP contribution in [0.2, 0.25) is 0 Å². The number of imidazole rings is 1. The zero-order valence-corrected chi connectivity index (χ0v) is 26.6. The van der Waals surface area contributed by atoms with E-state index in [9.17, 15) is 4.79 Å². The fourth-order valence-corrected chi connectivity index (χ4v) is 6.24. The van der Waals surface area contributed by atoms with Gasteiger partial charge in [0.1, 0.15) is 0 Å². The van der Waals surface area contributed by atoms with Gasteiger partial charge in [0.05, 0.1) is 11.0 Å². The van der Waals surface area contributed by atoms with Gasteiger partial charge in [-0.25, -0.2) is 19.7 Å². The predicted molar refractivity (Wildman–Crippen MR) is 194 cm³/mol. The summed E-state index contributed by atoms with van der Waals surface area (Å²) in [5, 5.41) is 0. The van der Waals surface area contributed by atoms with Gasteiger partial charge in [-0.1, -0.05) is 140 Å². The van der Waals surface area contributed by atoms with E-state index < -0.39 is 0 Å². The summed E-state index contributed by atoms with van der Waals surface area (Å²) in [6, 6.07) is 51.7. The molecular formula is C42H31N5O. The summed E-state index contributed by atoms with van der Waals surface area (Å²) < 4.78 is 3.37. The first-order valence-electron chi connectivity index (χ1n) is 15.9. The second-order valence-corrected chi connectivity index (χ2v) is 11.8. The van der Waals surface area contributed by atoms with Crippen LogP contribution in [0.1, 0.15) is 0 Å². The number of rotatable bonds is 6. The number of hydrogen-bond donors (Lipinski definition) is 0. The molecule has 0 aliphatic heterocycles. The van der Waals surface area contributed by atoms with E-state index in [0.717, 1.165) is 61.1 Å². The van der Waals surface area contributed by atoms with Crippen LogP contribution in [0, 0.1) is 0 Å². The molecular weight excluding hydrogens is 590 g/mol. The van der Waals surface area contributed by atoms with Crippen molar-refractivity contribution in [3.63, 3.8) is 0 Å². The van der Waals surface area contributed by atoms with Crippen molar-refractivity contribution in [2.24, 2.45) is 14.1 Å². The molecule has 0 aliphatic carbocycles. The van der Waals surface area contributed by atoms with Crippen LogP contribution in [0.3, 0.4) is 0 Å². The Balaban J connectivity index is 1.14. The highest BCUT2D eigenvalue weighted by Crippen LogP contribution is 2.33. The molecule has 2 heterocycles. The molecule has 0 bridgehead atoms. The van der Waals surface area contributed by atoms with Gasteiger partial charge >= 0.3 is 5.69 Å². The fraction of sp³-hybridized carbons (Fsp3) is 0.0476. The Morgan fingerprint density at radius 3 is 1.40 bits per heavy atom. The Morgan fingerprint density at radius 1 is 0.375 bits per heavy atom. The summed E-state index contributed by atoms with van der Waals surface area (Å²) >= 11 is 0. The maximum atomic E-state index is 12.4. The van der Waals surface area contributed by atoms with Gasteiger partial charge in [-0.2, -0.15) is 0 Å². The highest BCUT2D eigenvalue weighted by Gasteiger charge is 2.16. The summed E-state index contributed by atoms with van der Waals surface area (Å²) in [5.41, 5.74) is 11.2. The Kier molecular flexibility index (Phi) is 7.31. The standard InChI is InChI=1S/C42H31N5O/c1-46-37-26-25-34(27-38(37)47(2)42(46)48)30-19-17-28(18-20-30)29-21-23-33(24-22-29)40-43-39(32-13-7-4-8-14-32)44-41(45-40)36-16-10-9-15-35(36)31-11-5-3-6-12-31/h3-27H,1-2H3. The SMILES string of the molecule is Cn1c(=O)n(C)c2cc(-c3ccc(-c4ccc(-c5nc(-c6ccccc6)nc(-c6ccccc6-c6ccccc6)n5)cc4)cc3)ccc21. The first-order chi connectivity index (χ1) is 23.5. The molecule has 0 saturated carbocycles. The number of aryl methyl sites for hydroxylation is 2. The molecule has 0 spiro atoms. The highest BCUT2D eigenvalue weighted by atomic mass is 16.1. The van der Waals surface area contributed by atoms with Crippen LogP contribution in [-0.4, -0.2) is 24.1 Å². The monoisotopic (exact) mass is 621 g/mol. The van der Waals surface area contributed by atoms with Gasteiger partial charge in [0.2, 0.25) is 0 Å². The van der Waals surface area contributed by atoms with Crippen molar-refractivity contribution < 1.29 is 0 Å². The zero-order valence-electron chi connectivity index (χ0n) is 26.6. The van der Waals surface area contributed by atoms with Crippen LogP contribution in [0.5, 0.6) is 0 Å². The fourth-order valence-electron chi connectivity index (χ4n) is 6.24. The molecule has 48 heavy (non-hydrogen) atoms. The number of aromatic nitrogens is 5. The Morgan fingerprint density at radius 2 is 0.792 bits per heavy atom. The summed E-state index contributed by atoms with van der Waals surface area (Å²) in [4.78, 5) is 27.3. The average molecular weight is 622 g/mol. The molecule has 0 amide bonds. The molecule has 8 rings (SSSR count). The smallest absolute Gasteiger partial charge is 0.295 e. The number of fused-ring (bicyclic) bond motifs is 1. The lowest BCUT2D eigenvalue weighted by Crippen LogP contribution is -2.19. The molecule has 0 saturated heterocycles. The van der Waals surface area contributed by atoms with Crippen LogP contribution in [0.25, 0.3) is 78.6 Å². The van der Waals surface area contributed by atoms with Crippen LogP contribution < -0.4 is 5.69 Å². The molecule has 0 radical (unpaired) electrons. The minimum atomic E-state index is -0.0253. The normalized spacial score (nSPS) is 11.2. The van der Waals surface area contributed by atoms with Crippen molar-refractivity contribution in [2.45, 2.75) is 0 Å². The van der Waals surface area contributed by atoms with Crippen LogP contribution in [-0.2, 0) is 14.1 Å². The molecule has 0 fully saturated rings. The Labute approximate surface area is 278 Å². The maximum absolute atomic E-state index is 12.4. The molecule has 0 atom stereocenters. The lowest BCUT2D eigenvalue weighted by Gasteiger charge is -2.12. The molecule has 230 valence electrons. The van der Waals surface area contributed by atoms with Gasteiger partial charge in [0.25, 0.3) is 0 Å². The van der Waals surface area contributed by atoms with Crippen molar-refractivity contribution in [3.8, 4) is 67.5 Å². The van der Waals surface area contributed by atoms with Crippen molar-refractivity contribution in [1.29, 1.82) is 0 Å². The van der Waals surface area contributed by atoms with E-state index in [2.05, 4.69) is 84.9 Å². The van der Waals surface area contributed by atoms with Crippen molar-refractivity contribution >= 4 is 11.0 Å². The van der Waals surface area contributed by atoms with E-state index in [4.69, 9.17) is 15.0 Å². The lowest BCUT2D eigenvalue weighted by atomic mass is 9.98. The van der Waals surface area contributed by atoms with Crippen LogP contribution in [0.15, 0.2) is 156 Å². The van der Waals surface area contributed by atoms with Crippen molar-refractivity contribution in [2.75, 3.05) is 0 Å². The van der Waals surface area contributed by atoms with Gasteiger partial charge in [-0.3, -0.25) is 9.13 Å². The van der Waals surface area contributed by atoms with Gasteiger partial charge in [0.15, 0.2) is 17.5 Å². The minimum absolute atomic E-state index is 0.0253. The minimum Gasteiger partial charge on any atom is -0.295 e. The van der Waals surface area contributed by atoms with E-state index in [-0.39, 0.29) is 5.69 Å². The van der Waals surface area contributed by atoms with Gasteiger partial charge in [-0.05, 0) is 45.5 Å². The summed E-state index contributed by atoms with van der Waals surface area (Å²) in [5.74, 6) is 1.88. The second-order valence-electron chi connectivity index (χ2n) is 11.8. The van der Waals surface area contributed by atoms with Crippen molar-refractivity contribution in [3.05, 3.63) is 162 Å². The van der Waals surface area contributed by atoms with E-state index in [1.54, 1.807) is 16.2 Å². The molecule has 0 N–H and O–H groups in total. The average Bonchev–Trinajstić information content (AvgIpc) is 3.38. The van der Waals surface area contributed by atoms with Gasteiger partial charge in [0, 0.05) is 30.8 Å². The molecule has 8 aromatic rings. The summed E-state index contributed by atoms with van der Waals surface area (Å²) in [6.07, 6.45) is 0. The third-order valence-electron chi connectivity index (χ3n) is 8.89. The second kappa shape index (κ2) is 12.1. The van der Waals surface area contributed by atoms with Gasteiger partial charge < -0.3 is 0 Å². The maximum Gasteiger partial charge on any atom is 0.328 e. The summed E-state index contributed by atoms with van der Waals surface area (Å²) in [7, 11) is 3.61. The first kappa shape index (κ1) is 29.0. The zero-order chi connectivity index (χ0) is 32.6. The largest absolute Gasteiger partial charge is 0.328 e. The lowest BCUT2D eigenvalue weighted by molar-refractivity contribution is 0.795. The van der Waals surface area contributed by atoms with Crippen molar-refractivity contribution in [1.82, 2.24) is 24.1 Å². The quantitative estimate of drug-likeness (QED) is 0.186. The van der Waals surface area contributed by atoms with Gasteiger partial charge in [-0.15, -0.1) is 0 Å². The number of benzene rings is 6. The number of nitrogens with zero attached hydrogens (tertiary/aromatic N) is 5. The molecule has 0 unspecified atom stereocenters. The highest BCUT2D eigenvalue weighted by molar-refractivity contribution is 5.84. The van der Waals surface area contributed by atoms with E-state index in [1.807, 2.05) is 73.8 Å². The Bertz CT molecular complexity index is 2460.